The molecule has 0 fully saturated rings. The molecule has 0 radical (unpaired) electrons. The number of alkyl halides is 1. The van der Waals surface area contributed by atoms with Crippen molar-refractivity contribution < 1.29 is 9.47 Å². The van der Waals surface area contributed by atoms with E-state index in [9.17, 15) is 0 Å². The molecule has 0 aliphatic carbocycles. The van der Waals surface area contributed by atoms with E-state index in [1.54, 1.807) is 25.3 Å². The van der Waals surface area contributed by atoms with Gasteiger partial charge in [-0.05, 0) is 30.3 Å². The second kappa shape index (κ2) is 7.07. The fourth-order valence-electron chi connectivity index (χ4n) is 1.75. The minimum absolute atomic E-state index is 0.286. The Kier molecular flexibility index (Phi) is 5.41. The van der Waals surface area contributed by atoms with Gasteiger partial charge in [0, 0.05) is 21.2 Å². The Morgan fingerprint density at radius 1 is 1.05 bits per heavy atom. The largest absolute Gasteiger partial charge is 0.497 e. The lowest BCUT2D eigenvalue weighted by atomic mass is 10.2. The first-order valence-electron chi connectivity index (χ1n) is 5.94. The summed E-state index contributed by atoms with van der Waals surface area (Å²) in [4.78, 5) is 0. The van der Waals surface area contributed by atoms with Crippen molar-refractivity contribution >= 4 is 34.8 Å². The number of methoxy groups -OCH3 is 1. The number of rotatable bonds is 5. The van der Waals surface area contributed by atoms with Crippen molar-refractivity contribution in [3.05, 3.63) is 57.6 Å². The molecule has 0 spiro atoms. The minimum atomic E-state index is 0.286. The van der Waals surface area contributed by atoms with Crippen LogP contribution in [0.25, 0.3) is 0 Å². The Bertz CT molecular complexity index is 579. The van der Waals surface area contributed by atoms with Crippen LogP contribution in [0.15, 0.2) is 36.4 Å². The number of hydrogen-bond acceptors (Lipinski definition) is 2. The van der Waals surface area contributed by atoms with Gasteiger partial charge in [-0.3, -0.25) is 0 Å². The molecular formula is C15H13Cl3O2. The van der Waals surface area contributed by atoms with Crippen LogP contribution in [0, 0.1) is 0 Å². The molecule has 0 heterocycles. The summed E-state index contributed by atoms with van der Waals surface area (Å²) in [5.74, 6) is 1.77. The molecule has 2 aromatic carbocycles. The lowest BCUT2D eigenvalue weighted by Gasteiger charge is -2.13. The second-order valence-corrected chi connectivity index (χ2v) is 5.18. The third-order valence-corrected chi connectivity index (χ3v) is 3.84. The Hall–Kier alpha value is -1.09. The molecule has 0 saturated carbocycles. The summed E-state index contributed by atoms with van der Waals surface area (Å²) in [6.07, 6.45) is 0. The third kappa shape index (κ3) is 3.51. The molecule has 20 heavy (non-hydrogen) atoms. The Labute approximate surface area is 133 Å². The second-order valence-electron chi connectivity index (χ2n) is 4.10. The van der Waals surface area contributed by atoms with Gasteiger partial charge in [-0.1, -0.05) is 29.3 Å². The first kappa shape index (κ1) is 15.3. The monoisotopic (exact) mass is 330 g/mol. The van der Waals surface area contributed by atoms with Crippen LogP contribution in [-0.4, -0.2) is 7.11 Å². The molecule has 0 amide bonds. The zero-order valence-corrected chi connectivity index (χ0v) is 13.1. The number of ether oxygens (including phenoxy) is 2. The van der Waals surface area contributed by atoms with Crippen LogP contribution in [0.3, 0.4) is 0 Å². The van der Waals surface area contributed by atoms with Gasteiger partial charge in [0.1, 0.15) is 18.1 Å². The van der Waals surface area contributed by atoms with Gasteiger partial charge in [0.15, 0.2) is 0 Å². The summed E-state index contributed by atoms with van der Waals surface area (Å²) in [6, 6.07) is 10.8. The highest BCUT2D eigenvalue weighted by Gasteiger charge is 2.09. The maximum atomic E-state index is 6.11. The highest BCUT2D eigenvalue weighted by atomic mass is 35.5. The lowest BCUT2D eigenvalue weighted by molar-refractivity contribution is 0.303. The molecule has 0 saturated heterocycles. The zero-order chi connectivity index (χ0) is 14.5. The fourth-order valence-corrected chi connectivity index (χ4v) is 2.46. The SMILES string of the molecule is COc1ccc(OCc2c(Cl)cccc2Cl)c(CCl)c1. The van der Waals surface area contributed by atoms with E-state index in [0.29, 0.717) is 21.7 Å². The summed E-state index contributed by atoms with van der Waals surface area (Å²) in [7, 11) is 1.61. The van der Waals surface area contributed by atoms with Crippen molar-refractivity contribution in [2.24, 2.45) is 0 Å². The summed E-state index contributed by atoms with van der Waals surface area (Å²) in [5.41, 5.74) is 1.61. The van der Waals surface area contributed by atoms with Crippen LogP contribution in [0.2, 0.25) is 10.0 Å². The summed E-state index contributed by atoms with van der Waals surface area (Å²) >= 11 is 18.1. The molecule has 0 atom stereocenters. The molecular weight excluding hydrogens is 319 g/mol. The molecule has 2 rings (SSSR count). The van der Waals surface area contributed by atoms with E-state index in [1.165, 1.54) is 0 Å². The first-order chi connectivity index (χ1) is 9.65. The van der Waals surface area contributed by atoms with Gasteiger partial charge in [-0.15, -0.1) is 11.6 Å². The first-order valence-corrected chi connectivity index (χ1v) is 7.23. The number of halogens is 3. The van der Waals surface area contributed by atoms with Crippen molar-refractivity contribution in [2.45, 2.75) is 12.5 Å². The maximum Gasteiger partial charge on any atom is 0.124 e. The van der Waals surface area contributed by atoms with E-state index in [4.69, 9.17) is 44.3 Å². The van der Waals surface area contributed by atoms with Gasteiger partial charge in [0.25, 0.3) is 0 Å². The van der Waals surface area contributed by atoms with Crippen molar-refractivity contribution in [3.8, 4) is 11.5 Å². The van der Waals surface area contributed by atoms with Crippen LogP contribution in [0.4, 0.5) is 0 Å². The van der Waals surface area contributed by atoms with E-state index in [2.05, 4.69) is 0 Å². The van der Waals surface area contributed by atoms with Crippen molar-refractivity contribution in [1.82, 2.24) is 0 Å². The molecule has 0 unspecified atom stereocenters. The van der Waals surface area contributed by atoms with Gasteiger partial charge in [0.05, 0.1) is 13.0 Å². The van der Waals surface area contributed by atoms with Crippen LogP contribution >= 0.6 is 34.8 Å². The Morgan fingerprint density at radius 2 is 1.75 bits per heavy atom. The highest BCUT2D eigenvalue weighted by Crippen LogP contribution is 2.29. The van der Waals surface area contributed by atoms with Crippen LogP contribution in [0.1, 0.15) is 11.1 Å². The summed E-state index contributed by atoms with van der Waals surface area (Å²) in [6.45, 7) is 0.286. The Balaban J connectivity index is 2.19. The number of hydrogen-bond donors (Lipinski definition) is 0. The molecule has 2 aromatic rings. The highest BCUT2D eigenvalue weighted by molar-refractivity contribution is 6.35. The van der Waals surface area contributed by atoms with Crippen LogP contribution < -0.4 is 9.47 Å². The molecule has 106 valence electrons. The molecule has 2 nitrogen and oxygen atoms in total. The smallest absolute Gasteiger partial charge is 0.124 e. The molecule has 0 aliphatic rings. The molecule has 0 bridgehead atoms. The molecule has 5 heteroatoms. The van der Waals surface area contributed by atoms with Gasteiger partial charge >= 0.3 is 0 Å². The topological polar surface area (TPSA) is 18.5 Å². The van der Waals surface area contributed by atoms with E-state index >= 15 is 0 Å². The quantitative estimate of drug-likeness (QED) is 0.690. The normalized spacial score (nSPS) is 10.4. The van der Waals surface area contributed by atoms with Crippen LogP contribution in [-0.2, 0) is 12.5 Å². The van der Waals surface area contributed by atoms with Crippen molar-refractivity contribution in [3.63, 3.8) is 0 Å². The summed E-state index contributed by atoms with van der Waals surface area (Å²) < 4.78 is 10.9. The maximum absolute atomic E-state index is 6.11. The van der Waals surface area contributed by atoms with Crippen molar-refractivity contribution in [1.29, 1.82) is 0 Å². The Morgan fingerprint density at radius 3 is 2.35 bits per heavy atom. The lowest BCUT2D eigenvalue weighted by Crippen LogP contribution is -2.00. The molecule has 0 N–H and O–H groups in total. The standard InChI is InChI=1S/C15H13Cl3O2/c1-19-11-5-6-15(10(7-11)8-16)20-9-12-13(17)3-2-4-14(12)18/h2-7H,8-9H2,1H3. The minimum Gasteiger partial charge on any atom is -0.497 e. The fraction of sp³-hybridized carbons (Fsp3) is 0.200. The predicted molar refractivity (Wildman–Crippen MR) is 83.3 cm³/mol. The predicted octanol–water partition coefficient (Wildman–Crippen LogP) is 5.32. The van der Waals surface area contributed by atoms with Crippen molar-refractivity contribution in [2.75, 3.05) is 7.11 Å². The van der Waals surface area contributed by atoms with E-state index in [-0.39, 0.29) is 6.61 Å². The van der Waals surface area contributed by atoms with Gasteiger partial charge in [0.2, 0.25) is 0 Å². The third-order valence-electron chi connectivity index (χ3n) is 2.85. The zero-order valence-electron chi connectivity index (χ0n) is 10.8. The van der Waals surface area contributed by atoms with Gasteiger partial charge in [-0.25, -0.2) is 0 Å². The molecule has 0 aliphatic heterocycles. The van der Waals surface area contributed by atoms with E-state index in [0.717, 1.165) is 16.9 Å². The number of benzene rings is 2. The van der Waals surface area contributed by atoms with Gasteiger partial charge in [-0.2, -0.15) is 0 Å². The average Bonchev–Trinajstić information content (AvgIpc) is 2.46. The van der Waals surface area contributed by atoms with Crippen LogP contribution in [0.5, 0.6) is 11.5 Å². The van der Waals surface area contributed by atoms with Gasteiger partial charge < -0.3 is 9.47 Å². The van der Waals surface area contributed by atoms with E-state index < -0.39 is 0 Å². The van der Waals surface area contributed by atoms with E-state index in [1.807, 2.05) is 18.2 Å². The average molecular weight is 332 g/mol. The summed E-state index contributed by atoms with van der Waals surface area (Å²) in [5, 5.41) is 1.16. The molecule has 0 aromatic heterocycles.